The molecule has 160 valence electrons. The molecule has 3 aromatic rings. The van der Waals surface area contributed by atoms with Crippen LogP contribution in [0.3, 0.4) is 0 Å². The van der Waals surface area contributed by atoms with Crippen molar-refractivity contribution >= 4 is 11.8 Å². The first kappa shape index (κ1) is 20.6. The quantitative estimate of drug-likeness (QED) is 0.661. The molecule has 2 amide bonds. The smallest absolute Gasteiger partial charge is 0.323 e. The fraction of sp³-hybridized carbons (Fsp3) is 0.304. The highest BCUT2D eigenvalue weighted by atomic mass is 16.5. The maximum Gasteiger partial charge on any atom is 0.323 e. The van der Waals surface area contributed by atoms with E-state index in [0.29, 0.717) is 18.1 Å². The predicted octanol–water partition coefficient (Wildman–Crippen LogP) is 3.40. The summed E-state index contributed by atoms with van der Waals surface area (Å²) in [6.45, 7) is 2.10. The molecule has 1 saturated heterocycles. The summed E-state index contributed by atoms with van der Waals surface area (Å²) >= 11 is 0. The number of piperidine rings is 1. The van der Waals surface area contributed by atoms with Crippen LogP contribution in [0, 0.1) is 0 Å². The van der Waals surface area contributed by atoms with Crippen molar-refractivity contribution in [2.45, 2.75) is 25.8 Å². The molecule has 1 aliphatic rings. The van der Waals surface area contributed by atoms with Gasteiger partial charge < -0.3 is 9.64 Å². The van der Waals surface area contributed by atoms with Crippen LogP contribution in [0.1, 0.15) is 19.3 Å². The molecule has 0 bridgehead atoms. The van der Waals surface area contributed by atoms with Crippen LogP contribution in [-0.4, -0.2) is 45.4 Å². The molecule has 1 aromatic carbocycles. The Bertz CT molecular complexity index is 1080. The summed E-state index contributed by atoms with van der Waals surface area (Å²) in [5.74, 6) is 1.01. The number of pyridine rings is 1. The molecule has 31 heavy (non-hydrogen) atoms. The summed E-state index contributed by atoms with van der Waals surface area (Å²) in [6, 6.07) is 16.2. The van der Waals surface area contributed by atoms with E-state index in [9.17, 15) is 9.59 Å². The van der Waals surface area contributed by atoms with Crippen LogP contribution in [0.4, 0.5) is 10.6 Å². The molecule has 0 spiro atoms. The van der Waals surface area contributed by atoms with Gasteiger partial charge in [-0.1, -0.05) is 30.3 Å². The predicted molar refractivity (Wildman–Crippen MR) is 118 cm³/mol. The molecule has 0 saturated carbocycles. The van der Waals surface area contributed by atoms with Gasteiger partial charge in [0.25, 0.3) is 5.56 Å². The molecule has 1 fully saturated rings. The Morgan fingerprint density at radius 3 is 2.65 bits per heavy atom. The lowest BCUT2D eigenvalue weighted by Gasteiger charge is -2.26. The number of amides is 2. The van der Waals surface area contributed by atoms with Crippen molar-refractivity contribution in [3.05, 3.63) is 71.1 Å². The number of urea groups is 1. The number of ether oxygens (including phenoxy) is 1. The van der Waals surface area contributed by atoms with Crippen LogP contribution in [0.25, 0.3) is 11.3 Å². The van der Waals surface area contributed by atoms with Crippen molar-refractivity contribution in [1.82, 2.24) is 19.7 Å². The van der Waals surface area contributed by atoms with Crippen LogP contribution in [0.2, 0.25) is 0 Å². The molecule has 3 heterocycles. The number of nitrogens with one attached hydrogen (secondary N) is 1. The minimum absolute atomic E-state index is 0.141. The van der Waals surface area contributed by atoms with Crippen molar-refractivity contribution < 1.29 is 9.53 Å². The molecular weight excluding hydrogens is 394 g/mol. The second-order valence-corrected chi connectivity index (χ2v) is 7.35. The molecule has 2 aromatic heterocycles. The number of likely N-dealkylation sites (tertiary alicyclic amines) is 1. The van der Waals surface area contributed by atoms with Gasteiger partial charge in [0.2, 0.25) is 0 Å². The van der Waals surface area contributed by atoms with E-state index in [1.165, 1.54) is 10.7 Å². The molecule has 0 unspecified atom stereocenters. The zero-order chi connectivity index (χ0) is 21.5. The van der Waals surface area contributed by atoms with Gasteiger partial charge in [-0.05, 0) is 31.4 Å². The second-order valence-electron chi connectivity index (χ2n) is 7.35. The Kier molecular flexibility index (Phi) is 6.56. The summed E-state index contributed by atoms with van der Waals surface area (Å²) in [4.78, 5) is 30.5. The van der Waals surface area contributed by atoms with Crippen molar-refractivity contribution in [2.75, 3.05) is 25.0 Å². The van der Waals surface area contributed by atoms with Gasteiger partial charge in [-0.2, -0.15) is 5.10 Å². The van der Waals surface area contributed by atoms with Gasteiger partial charge in [-0.15, -0.1) is 0 Å². The zero-order valence-corrected chi connectivity index (χ0v) is 17.2. The van der Waals surface area contributed by atoms with Gasteiger partial charge >= 0.3 is 6.03 Å². The molecule has 4 rings (SSSR count). The molecule has 0 atom stereocenters. The van der Waals surface area contributed by atoms with Crippen molar-refractivity contribution in [3.8, 4) is 17.0 Å². The monoisotopic (exact) mass is 419 g/mol. The third-order valence-electron chi connectivity index (χ3n) is 5.12. The largest absolute Gasteiger partial charge is 0.491 e. The molecule has 8 heteroatoms. The number of hydrogen-bond donors (Lipinski definition) is 1. The average molecular weight is 419 g/mol. The minimum Gasteiger partial charge on any atom is -0.491 e. The molecular formula is C23H25N5O3. The summed E-state index contributed by atoms with van der Waals surface area (Å²) in [7, 11) is 0. The number of rotatable bonds is 6. The fourth-order valence-corrected chi connectivity index (χ4v) is 3.48. The first-order chi connectivity index (χ1) is 15.2. The van der Waals surface area contributed by atoms with E-state index in [1.807, 2.05) is 30.3 Å². The maximum atomic E-state index is 12.4. The van der Waals surface area contributed by atoms with Crippen LogP contribution in [0.15, 0.2) is 65.6 Å². The van der Waals surface area contributed by atoms with Gasteiger partial charge in [0.1, 0.15) is 18.2 Å². The first-order valence-corrected chi connectivity index (χ1v) is 10.5. The maximum absolute atomic E-state index is 12.4. The normalized spacial score (nSPS) is 13.6. The van der Waals surface area contributed by atoms with Crippen molar-refractivity contribution in [3.63, 3.8) is 0 Å². The van der Waals surface area contributed by atoms with E-state index in [0.717, 1.165) is 43.6 Å². The van der Waals surface area contributed by atoms with Gasteiger partial charge in [-0.25, -0.2) is 14.5 Å². The van der Waals surface area contributed by atoms with Gasteiger partial charge in [-0.3, -0.25) is 10.1 Å². The Labute approximate surface area is 180 Å². The minimum atomic E-state index is -0.188. The summed E-state index contributed by atoms with van der Waals surface area (Å²) < 4.78 is 7.17. The summed E-state index contributed by atoms with van der Waals surface area (Å²) in [5.41, 5.74) is 1.49. The van der Waals surface area contributed by atoms with E-state index in [4.69, 9.17) is 4.74 Å². The summed E-state index contributed by atoms with van der Waals surface area (Å²) in [5, 5.41) is 7.25. The summed E-state index contributed by atoms with van der Waals surface area (Å²) in [6.07, 6.45) is 4.81. The van der Waals surface area contributed by atoms with Gasteiger partial charge in [0.05, 0.1) is 12.2 Å². The van der Waals surface area contributed by atoms with Crippen molar-refractivity contribution in [2.24, 2.45) is 0 Å². The Morgan fingerprint density at radius 2 is 1.84 bits per heavy atom. The van der Waals surface area contributed by atoms with Gasteiger partial charge in [0.15, 0.2) is 0 Å². The molecule has 1 N–H and O–H groups in total. The van der Waals surface area contributed by atoms with E-state index >= 15 is 0 Å². The standard InChI is InChI=1S/C23H25N5O3/c29-22-10-9-20(18-7-3-1-4-8-18)26-28(22)15-16-31-19-11-12-24-21(17-19)25-23(30)27-13-5-2-6-14-27/h1,3-4,7-12,17H,2,5-6,13-16H2,(H,24,25,30). The van der Waals surface area contributed by atoms with Crippen molar-refractivity contribution in [1.29, 1.82) is 0 Å². The van der Waals surface area contributed by atoms with E-state index < -0.39 is 0 Å². The number of nitrogens with zero attached hydrogens (tertiary/aromatic N) is 4. The highest BCUT2D eigenvalue weighted by molar-refractivity contribution is 5.88. The zero-order valence-electron chi connectivity index (χ0n) is 17.2. The third kappa shape index (κ3) is 5.48. The highest BCUT2D eigenvalue weighted by Gasteiger charge is 2.16. The number of carbonyl (C=O) groups excluding carboxylic acids is 1. The number of anilines is 1. The number of benzene rings is 1. The van der Waals surface area contributed by atoms with E-state index in [-0.39, 0.29) is 18.2 Å². The van der Waals surface area contributed by atoms with Crippen LogP contribution >= 0.6 is 0 Å². The molecule has 8 nitrogen and oxygen atoms in total. The lowest BCUT2D eigenvalue weighted by atomic mass is 10.1. The van der Waals surface area contributed by atoms with Gasteiger partial charge in [0, 0.05) is 37.0 Å². The SMILES string of the molecule is O=C(Nc1cc(OCCn2nc(-c3ccccc3)ccc2=O)ccn1)N1CCCCC1. The Balaban J connectivity index is 1.35. The number of carbonyl (C=O) groups is 1. The third-order valence-corrected chi connectivity index (χ3v) is 5.12. The molecule has 0 radical (unpaired) electrons. The topological polar surface area (TPSA) is 89.3 Å². The van der Waals surface area contributed by atoms with Crippen LogP contribution in [-0.2, 0) is 6.54 Å². The van der Waals surface area contributed by atoms with E-state index in [2.05, 4.69) is 15.4 Å². The Hall–Kier alpha value is -3.68. The average Bonchev–Trinajstić information content (AvgIpc) is 2.82. The number of hydrogen-bond acceptors (Lipinski definition) is 5. The lowest BCUT2D eigenvalue weighted by molar-refractivity contribution is 0.200. The first-order valence-electron chi connectivity index (χ1n) is 10.5. The van der Waals surface area contributed by atoms with E-state index in [1.54, 1.807) is 29.3 Å². The Morgan fingerprint density at radius 1 is 1.03 bits per heavy atom. The second kappa shape index (κ2) is 9.88. The highest BCUT2D eigenvalue weighted by Crippen LogP contribution is 2.17. The number of aromatic nitrogens is 3. The fourth-order valence-electron chi connectivity index (χ4n) is 3.48. The van der Waals surface area contributed by atoms with Crippen LogP contribution in [0.5, 0.6) is 5.75 Å². The lowest BCUT2D eigenvalue weighted by Crippen LogP contribution is -2.38. The molecule has 1 aliphatic heterocycles. The molecule has 0 aliphatic carbocycles. The van der Waals surface area contributed by atoms with Crippen LogP contribution < -0.4 is 15.6 Å².